The molecule has 2 aliphatic rings. The Morgan fingerprint density at radius 3 is 2.60 bits per heavy atom. The van der Waals surface area contributed by atoms with Gasteiger partial charge in [0.05, 0.1) is 24.5 Å². The summed E-state index contributed by atoms with van der Waals surface area (Å²) >= 11 is 0. The van der Waals surface area contributed by atoms with Crippen molar-refractivity contribution in [3.8, 4) is 0 Å². The van der Waals surface area contributed by atoms with Crippen molar-refractivity contribution in [3.63, 3.8) is 0 Å². The van der Waals surface area contributed by atoms with Crippen molar-refractivity contribution in [2.24, 2.45) is 0 Å². The molecule has 2 aliphatic heterocycles. The molecule has 3 heterocycles. The van der Waals surface area contributed by atoms with Crippen LogP contribution in [0.3, 0.4) is 0 Å². The van der Waals surface area contributed by atoms with Crippen molar-refractivity contribution in [1.82, 2.24) is 25.1 Å². The Labute approximate surface area is 114 Å². The Hall–Kier alpha value is -2.51. The molecule has 8 heteroatoms. The topological polar surface area (TPSA) is 95.5 Å². The average Bonchev–Trinajstić information content (AvgIpc) is 2.70. The van der Waals surface area contributed by atoms with Gasteiger partial charge in [0.15, 0.2) is 0 Å². The maximum atomic E-state index is 12.1. The summed E-state index contributed by atoms with van der Waals surface area (Å²) in [6, 6.07) is -0.630. The summed E-state index contributed by atoms with van der Waals surface area (Å²) in [6.07, 6.45) is 2.96. The number of amides is 4. The second-order valence-corrected chi connectivity index (χ2v) is 4.83. The molecule has 1 aromatic rings. The van der Waals surface area contributed by atoms with Gasteiger partial charge in [-0.3, -0.25) is 19.5 Å². The van der Waals surface area contributed by atoms with Gasteiger partial charge in [-0.15, -0.1) is 0 Å². The smallest absolute Gasteiger partial charge is 0.324 e. The Kier molecular flexibility index (Phi) is 2.85. The molecule has 104 valence electrons. The summed E-state index contributed by atoms with van der Waals surface area (Å²) in [7, 11) is 0. The maximum absolute atomic E-state index is 12.1. The monoisotopic (exact) mass is 275 g/mol. The normalized spacial score (nSPS) is 19.1. The lowest BCUT2D eigenvalue weighted by Crippen LogP contribution is -2.62. The predicted molar refractivity (Wildman–Crippen MR) is 66.7 cm³/mol. The molecule has 0 saturated carbocycles. The number of hydrogen-bond acceptors (Lipinski definition) is 5. The van der Waals surface area contributed by atoms with Crippen LogP contribution in [-0.2, 0) is 4.79 Å². The third-order valence-electron chi connectivity index (χ3n) is 3.39. The van der Waals surface area contributed by atoms with Crippen molar-refractivity contribution in [2.75, 3.05) is 19.6 Å². The molecule has 0 atom stereocenters. The molecule has 20 heavy (non-hydrogen) atoms. The quantitative estimate of drug-likeness (QED) is 0.710. The SMILES string of the molecule is Cc1cnc(C(=O)N2CC(N3C(=O)CNC3=O)C2)cn1. The van der Waals surface area contributed by atoms with Gasteiger partial charge in [0, 0.05) is 19.3 Å². The van der Waals surface area contributed by atoms with Gasteiger partial charge >= 0.3 is 6.03 Å². The highest BCUT2D eigenvalue weighted by Gasteiger charge is 2.43. The number of aromatic nitrogens is 2. The molecule has 0 spiro atoms. The van der Waals surface area contributed by atoms with Crippen molar-refractivity contribution in [1.29, 1.82) is 0 Å². The summed E-state index contributed by atoms with van der Waals surface area (Å²) in [5.41, 5.74) is 1.01. The van der Waals surface area contributed by atoms with Crippen molar-refractivity contribution < 1.29 is 14.4 Å². The lowest BCUT2D eigenvalue weighted by molar-refractivity contribution is -0.128. The molecule has 2 saturated heterocycles. The molecule has 0 aliphatic carbocycles. The minimum absolute atomic E-state index is 0.0344. The molecule has 1 aromatic heterocycles. The Morgan fingerprint density at radius 2 is 2.05 bits per heavy atom. The Morgan fingerprint density at radius 1 is 1.30 bits per heavy atom. The first-order valence-electron chi connectivity index (χ1n) is 6.24. The van der Waals surface area contributed by atoms with E-state index in [4.69, 9.17) is 0 Å². The van der Waals surface area contributed by atoms with E-state index >= 15 is 0 Å². The van der Waals surface area contributed by atoms with Crippen LogP contribution in [0.4, 0.5) is 4.79 Å². The molecule has 0 radical (unpaired) electrons. The van der Waals surface area contributed by atoms with E-state index in [-0.39, 0.29) is 36.1 Å². The van der Waals surface area contributed by atoms with Crippen LogP contribution < -0.4 is 5.32 Å². The van der Waals surface area contributed by atoms with Crippen molar-refractivity contribution >= 4 is 17.8 Å². The second kappa shape index (κ2) is 4.55. The molecule has 0 aromatic carbocycles. The van der Waals surface area contributed by atoms with Gasteiger partial charge in [-0.05, 0) is 6.92 Å². The Balaban J connectivity index is 1.63. The molecule has 0 unspecified atom stereocenters. The van der Waals surface area contributed by atoms with E-state index in [0.29, 0.717) is 13.1 Å². The maximum Gasteiger partial charge on any atom is 0.324 e. The number of aryl methyl sites for hydroxylation is 1. The standard InChI is InChI=1S/C12H13N5O3/c1-7-2-14-9(3-13-7)11(19)16-5-8(6-16)17-10(18)4-15-12(17)20/h2-3,8H,4-6H2,1H3,(H,15,20). The summed E-state index contributed by atoms with van der Waals surface area (Å²) < 4.78 is 0. The molecule has 8 nitrogen and oxygen atoms in total. The van der Waals surface area contributed by atoms with E-state index in [2.05, 4.69) is 15.3 Å². The first-order valence-corrected chi connectivity index (χ1v) is 6.24. The molecule has 1 N–H and O–H groups in total. The number of rotatable bonds is 2. The number of likely N-dealkylation sites (tertiary alicyclic amines) is 1. The van der Waals surface area contributed by atoms with Crippen LogP contribution in [0, 0.1) is 6.92 Å². The number of carbonyl (C=O) groups excluding carboxylic acids is 3. The van der Waals surface area contributed by atoms with Crippen LogP contribution in [0.5, 0.6) is 0 Å². The third kappa shape index (κ3) is 1.98. The number of imide groups is 1. The summed E-state index contributed by atoms with van der Waals surface area (Å²) in [4.78, 5) is 45.8. The lowest BCUT2D eigenvalue weighted by Gasteiger charge is -2.42. The van der Waals surface area contributed by atoms with E-state index in [1.54, 1.807) is 11.8 Å². The zero-order chi connectivity index (χ0) is 14.3. The Bertz CT molecular complexity index is 563. The first kappa shape index (κ1) is 12.5. The number of urea groups is 1. The largest absolute Gasteiger partial charge is 0.333 e. The summed E-state index contributed by atoms with van der Waals surface area (Å²) in [6.45, 7) is 2.51. The van der Waals surface area contributed by atoms with Gasteiger partial charge in [-0.25, -0.2) is 9.78 Å². The summed E-state index contributed by atoms with van der Waals surface area (Å²) in [5.74, 6) is -0.483. The van der Waals surface area contributed by atoms with Gasteiger partial charge < -0.3 is 10.2 Å². The molecule has 0 bridgehead atoms. The molecular weight excluding hydrogens is 262 g/mol. The highest BCUT2D eigenvalue weighted by atomic mass is 16.2. The van der Waals surface area contributed by atoms with Crippen LogP contribution in [0.25, 0.3) is 0 Å². The van der Waals surface area contributed by atoms with Crippen LogP contribution in [-0.4, -0.2) is 63.3 Å². The zero-order valence-electron chi connectivity index (χ0n) is 10.9. The molecule has 4 amide bonds. The summed E-state index contributed by atoms with van der Waals surface area (Å²) in [5, 5.41) is 2.46. The number of nitrogens with zero attached hydrogens (tertiary/aromatic N) is 4. The van der Waals surface area contributed by atoms with Crippen molar-refractivity contribution in [3.05, 3.63) is 23.8 Å². The fourth-order valence-electron chi connectivity index (χ4n) is 2.25. The highest BCUT2D eigenvalue weighted by molar-refractivity contribution is 6.02. The van der Waals surface area contributed by atoms with E-state index in [9.17, 15) is 14.4 Å². The second-order valence-electron chi connectivity index (χ2n) is 4.83. The molecule has 3 rings (SSSR count). The van der Waals surface area contributed by atoms with Gasteiger partial charge in [0.25, 0.3) is 5.91 Å². The van der Waals surface area contributed by atoms with Crippen LogP contribution in [0.15, 0.2) is 12.4 Å². The minimum Gasteiger partial charge on any atom is -0.333 e. The van der Waals surface area contributed by atoms with Crippen LogP contribution >= 0.6 is 0 Å². The fraction of sp³-hybridized carbons (Fsp3) is 0.417. The first-order chi connectivity index (χ1) is 9.56. The number of carbonyl (C=O) groups is 3. The van der Waals surface area contributed by atoms with Crippen LogP contribution in [0.2, 0.25) is 0 Å². The van der Waals surface area contributed by atoms with Gasteiger partial charge in [0.2, 0.25) is 5.91 Å². The van der Waals surface area contributed by atoms with Gasteiger partial charge in [-0.2, -0.15) is 0 Å². The van der Waals surface area contributed by atoms with Crippen molar-refractivity contribution in [2.45, 2.75) is 13.0 Å². The third-order valence-corrected chi connectivity index (χ3v) is 3.39. The number of hydrogen-bond donors (Lipinski definition) is 1. The van der Waals surface area contributed by atoms with E-state index in [1.807, 2.05) is 0 Å². The molecular formula is C12H13N5O3. The minimum atomic E-state index is -0.387. The van der Waals surface area contributed by atoms with E-state index in [1.165, 1.54) is 17.3 Å². The lowest BCUT2D eigenvalue weighted by atomic mass is 10.1. The van der Waals surface area contributed by atoms with Crippen LogP contribution in [0.1, 0.15) is 16.2 Å². The van der Waals surface area contributed by atoms with Gasteiger partial charge in [-0.1, -0.05) is 0 Å². The number of nitrogens with one attached hydrogen (secondary N) is 1. The molecule has 2 fully saturated rings. The highest BCUT2D eigenvalue weighted by Crippen LogP contribution is 2.19. The van der Waals surface area contributed by atoms with Gasteiger partial charge in [0.1, 0.15) is 5.69 Å². The predicted octanol–water partition coefficient (Wildman–Crippen LogP) is -0.839. The average molecular weight is 275 g/mol. The van der Waals surface area contributed by atoms with E-state index < -0.39 is 0 Å². The fourth-order valence-corrected chi connectivity index (χ4v) is 2.25. The van der Waals surface area contributed by atoms with E-state index in [0.717, 1.165) is 5.69 Å². The zero-order valence-corrected chi connectivity index (χ0v) is 10.9.